The second kappa shape index (κ2) is 5.21. The molecule has 3 nitrogen and oxygen atoms in total. The maximum atomic E-state index is 4.39. The minimum atomic E-state index is 0.782. The molecule has 0 fully saturated rings. The molecule has 16 heavy (non-hydrogen) atoms. The van der Waals surface area contributed by atoms with Crippen molar-refractivity contribution in [1.29, 1.82) is 0 Å². The number of hydrazine groups is 1. The number of nitrogens with zero attached hydrogens (tertiary/aromatic N) is 2. The summed E-state index contributed by atoms with van der Waals surface area (Å²) in [7, 11) is 3.96. The Kier molecular flexibility index (Phi) is 3.66. The molecule has 1 heterocycles. The van der Waals surface area contributed by atoms with Crippen molar-refractivity contribution in [3.05, 3.63) is 41.5 Å². The fourth-order valence-electron chi connectivity index (χ4n) is 1.35. The van der Waals surface area contributed by atoms with Crippen LogP contribution in [0.4, 0.5) is 0 Å². The predicted octanol–water partition coefficient (Wildman–Crippen LogP) is 2.38. The number of aromatic nitrogens is 1. The fraction of sp³-hybridized carbons (Fsp3) is 0.250. The minimum absolute atomic E-state index is 0.782. The zero-order chi connectivity index (χ0) is 11.4. The maximum Gasteiger partial charge on any atom is 0.108 e. The van der Waals surface area contributed by atoms with E-state index in [-0.39, 0.29) is 0 Å². The van der Waals surface area contributed by atoms with Crippen LogP contribution in [0.15, 0.2) is 36.5 Å². The van der Waals surface area contributed by atoms with Crippen molar-refractivity contribution in [2.45, 2.75) is 6.54 Å². The third kappa shape index (κ3) is 2.88. The normalized spacial score (nSPS) is 10.9. The van der Waals surface area contributed by atoms with Gasteiger partial charge in [-0.05, 0) is 5.56 Å². The van der Waals surface area contributed by atoms with Gasteiger partial charge in [0.25, 0.3) is 0 Å². The van der Waals surface area contributed by atoms with Gasteiger partial charge in [0.05, 0.1) is 11.4 Å². The molecule has 2 aromatic rings. The summed E-state index contributed by atoms with van der Waals surface area (Å²) < 4.78 is 0. The Balaban J connectivity index is 2.08. The van der Waals surface area contributed by atoms with Crippen molar-refractivity contribution < 1.29 is 0 Å². The fourth-order valence-corrected chi connectivity index (χ4v) is 2.21. The van der Waals surface area contributed by atoms with Crippen LogP contribution in [-0.4, -0.2) is 24.1 Å². The molecule has 0 unspecified atom stereocenters. The Morgan fingerprint density at radius 2 is 2.00 bits per heavy atom. The van der Waals surface area contributed by atoms with Crippen LogP contribution < -0.4 is 5.43 Å². The lowest BCUT2D eigenvalue weighted by Gasteiger charge is -2.09. The molecule has 0 spiro atoms. The number of hydrogen-bond acceptors (Lipinski definition) is 4. The van der Waals surface area contributed by atoms with Crippen molar-refractivity contribution >= 4 is 11.3 Å². The highest BCUT2D eigenvalue weighted by Crippen LogP contribution is 2.25. The van der Waals surface area contributed by atoms with Crippen molar-refractivity contribution in [3.8, 4) is 10.4 Å². The van der Waals surface area contributed by atoms with Crippen molar-refractivity contribution in [1.82, 2.24) is 15.4 Å². The van der Waals surface area contributed by atoms with E-state index in [1.54, 1.807) is 11.3 Å². The summed E-state index contributed by atoms with van der Waals surface area (Å²) in [5.74, 6) is 0. The highest BCUT2D eigenvalue weighted by atomic mass is 32.1. The molecule has 0 aliphatic heterocycles. The quantitative estimate of drug-likeness (QED) is 0.822. The Morgan fingerprint density at radius 3 is 2.69 bits per heavy atom. The molecule has 0 bridgehead atoms. The second-order valence-electron chi connectivity index (χ2n) is 3.71. The first-order valence-corrected chi connectivity index (χ1v) is 5.98. The van der Waals surface area contributed by atoms with E-state index in [1.165, 1.54) is 10.4 Å². The highest BCUT2D eigenvalue weighted by Gasteiger charge is 2.03. The predicted molar refractivity (Wildman–Crippen MR) is 68.1 cm³/mol. The number of thiazole rings is 1. The van der Waals surface area contributed by atoms with Gasteiger partial charge < -0.3 is 0 Å². The summed E-state index contributed by atoms with van der Waals surface area (Å²) in [6.07, 6.45) is 1.94. The summed E-state index contributed by atoms with van der Waals surface area (Å²) in [6.45, 7) is 0.782. The van der Waals surface area contributed by atoms with E-state index in [9.17, 15) is 0 Å². The summed E-state index contributed by atoms with van der Waals surface area (Å²) >= 11 is 1.73. The van der Waals surface area contributed by atoms with E-state index >= 15 is 0 Å². The monoisotopic (exact) mass is 233 g/mol. The van der Waals surface area contributed by atoms with Gasteiger partial charge in [0.15, 0.2) is 0 Å². The molecule has 4 heteroatoms. The number of benzene rings is 1. The van der Waals surface area contributed by atoms with Gasteiger partial charge in [-0.2, -0.15) is 0 Å². The van der Waals surface area contributed by atoms with E-state index in [0.29, 0.717) is 0 Å². The second-order valence-corrected chi connectivity index (χ2v) is 4.83. The molecule has 2 rings (SSSR count). The summed E-state index contributed by atoms with van der Waals surface area (Å²) in [5.41, 5.74) is 4.44. The average molecular weight is 233 g/mol. The summed E-state index contributed by atoms with van der Waals surface area (Å²) in [4.78, 5) is 5.61. The van der Waals surface area contributed by atoms with E-state index in [4.69, 9.17) is 0 Å². The van der Waals surface area contributed by atoms with Gasteiger partial charge >= 0.3 is 0 Å². The van der Waals surface area contributed by atoms with E-state index in [1.807, 2.05) is 43.5 Å². The Hall–Kier alpha value is -1.23. The van der Waals surface area contributed by atoms with Crippen LogP contribution in [-0.2, 0) is 6.54 Å². The van der Waals surface area contributed by atoms with Crippen molar-refractivity contribution in [3.63, 3.8) is 0 Å². The molecular formula is C12H15N3S. The lowest BCUT2D eigenvalue weighted by Crippen LogP contribution is -2.29. The third-order valence-corrected chi connectivity index (χ3v) is 3.20. The number of nitrogens with one attached hydrogen (secondary N) is 1. The molecule has 1 aromatic heterocycles. The van der Waals surface area contributed by atoms with Gasteiger partial charge in [0.2, 0.25) is 0 Å². The topological polar surface area (TPSA) is 28.2 Å². The Morgan fingerprint density at radius 1 is 1.25 bits per heavy atom. The van der Waals surface area contributed by atoms with Crippen molar-refractivity contribution in [2.24, 2.45) is 0 Å². The van der Waals surface area contributed by atoms with Crippen LogP contribution in [0.25, 0.3) is 10.4 Å². The molecule has 0 aliphatic rings. The van der Waals surface area contributed by atoms with Gasteiger partial charge in [-0.3, -0.25) is 5.01 Å². The molecule has 1 N–H and O–H groups in total. The van der Waals surface area contributed by atoms with Crippen LogP contribution >= 0.6 is 11.3 Å². The van der Waals surface area contributed by atoms with Crippen LogP contribution in [0.2, 0.25) is 0 Å². The smallest absolute Gasteiger partial charge is 0.108 e. The summed E-state index contributed by atoms with van der Waals surface area (Å²) in [6, 6.07) is 10.3. The first-order valence-electron chi connectivity index (χ1n) is 5.16. The van der Waals surface area contributed by atoms with Gasteiger partial charge in [0, 0.05) is 20.3 Å². The highest BCUT2D eigenvalue weighted by molar-refractivity contribution is 7.15. The first kappa shape index (κ1) is 11.3. The van der Waals surface area contributed by atoms with E-state index in [2.05, 4.69) is 22.5 Å². The molecule has 0 atom stereocenters. The number of hydrogen-bond donors (Lipinski definition) is 1. The standard InChI is InChI=1S/C12H15N3S/c1-15(2)14-9-12-13-8-11(16-12)10-6-4-3-5-7-10/h3-8,14H,9H2,1-2H3. The summed E-state index contributed by atoms with van der Waals surface area (Å²) in [5, 5.41) is 3.04. The van der Waals surface area contributed by atoms with Crippen LogP contribution in [0, 0.1) is 0 Å². The Labute approximate surface area is 99.7 Å². The SMILES string of the molecule is CN(C)NCc1ncc(-c2ccccc2)s1. The molecule has 84 valence electrons. The van der Waals surface area contributed by atoms with E-state index < -0.39 is 0 Å². The molecule has 0 aliphatic carbocycles. The average Bonchev–Trinajstić information content (AvgIpc) is 2.76. The largest absolute Gasteiger partial charge is 0.250 e. The van der Waals surface area contributed by atoms with E-state index in [0.717, 1.165) is 11.6 Å². The molecule has 1 aromatic carbocycles. The van der Waals surface area contributed by atoms with Crippen LogP contribution in [0.3, 0.4) is 0 Å². The molecule has 0 radical (unpaired) electrons. The van der Waals surface area contributed by atoms with Gasteiger partial charge in [0.1, 0.15) is 5.01 Å². The minimum Gasteiger partial charge on any atom is -0.250 e. The lowest BCUT2D eigenvalue weighted by molar-refractivity contribution is 0.286. The van der Waals surface area contributed by atoms with Crippen LogP contribution in [0.1, 0.15) is 5.01 Å². The zero-order valence-electron chi connectivity index (χ0n) is 9.47. The van der Waals surface area contributed by atoms with Crippen molar-refractivity contribution in [2.75, 3.05) is 14.1 Å². The molecule has 0 saturated heterocycles. The number of rotatable bonds is 4. The first-order chi connectivity index (χ1) is 7.75. The lowest BCUT2D eigenvalue weighted by atomic mass is 10.2. The Bertz CT molecular complexity index is 437. The molecule has 0 amide bonds. The zero-order valence-corrected chi connectivity index (χ0v) is 10.3. The van der Waals surface area contributed by atoms with Crippen LogP contribution in [0.5, 0.6) is 0 Å². The third-order valence-electron chi connectivity index (χ3n) is 2.16. The molecular weight excluding hydrogens is 218 g/mol. The van der Waals surface area contributed by atoms with Gasteiger partial charge in [-0.15, -0.1) is 11.3 Å². The van der Waals surface area contributed by atoms with Gasteiger partial charge in [-0.1, -0.05) is 30.3 Å². The molecule has 0 saturated carbocycles. The maximum absolute atomic E-state index is 4.39. The van der Waals surface area contributed by atoms with Gasteiger partial charge in [-0.25, -0.2) is 10.4 Å².